The number of ether oxygens (including phenoxy) is 2. The van der Waals surface area contributed by atoms with Crippen LogP contribution in [0.2, 0.25) is 0 Å². The molecule has 0 aromatic heterocycles. The number of nitrogens with zero attached hydrogens (tertiary/aromatic N) is 1. The Morgan fingerprint density at radius 1 is 1.04 bits per heavy atom. The highest BCUT2D eigenvalue weighted by Crippen LogP contribution is 2.15. The van der Waals surface area contributed by atoms with Crippen LogP contribution < -0.4 is 0 Å². The fourth-order valence-electron chi connectivity index (χ4n) is 2.98. The Kier molecular flexibility index (Phi) is 8.70. The first-order chi connectivity index (χ1) is 11.7. The minimum absolute atomic E-state index is 0.253. The van der Waals surface area contributed by atoms with Crippen molar-refractivity contribution in [2.75, 3.05) is 19.7 Å². The quantitative estimate of drug-likeness (QED) is 0.864. The maximum Gasteiger partial charge on any atom is 0.155 e. The Morgan fingerprint density at radius 2 is 1.75 bits per heavy atom. The molecule has 0 bridgehead atoms. The van der Waals surface area contributed by atoms with Gasteiger partial charge in [-0.15, -0.1) is 0 Å². The zero-order valence-corrected chi connectivity index (χ0v) is 14.6. The lowest BCUT2D eigenvalue weighted by molar-refractivity contribution is -0.185. The fraction of sp³-hybridized carbons (Fsp3) is 0.684. The summed E-state index contributed by atoms with van der Waals surface area (Å²) in [6.45, 7) is 4.78. The minimum Gasteiger partial charge on any atom is -0.368 e. The molecule has 136 valence electrons. The van der Waals surface area contributed by atoms with E-state index in [9.17, 15) is 10.2 Å². The van der Waals surface area contributed by atoms with E-state index in [4.69, 9.17) is 9.47 Å². The lowest BCUT2D eigenvalue weighted by Gasteiger charge is -2.28. The van der Waals surface area contributed by atoms with E-state index >= 15 is 0 Å². The van der Waals surface area contributed by atoms with Crippen LogP contribution in [0, 0.1) is 0 Å². The van der Waals surface area contributed by atoms with Gasteiger partial charge >= 0.3 is 0 Å². The smallest absolute Gasteiger partial charge is 0.155 e. The number of hydrogen-bond donors (Lipinski definition) is 2. The van der Waals surface area contributed by atoms with Crippen LogP contribution in [0.5, 0.6) is 0 Å². The Bertz CT molecular complexity index is 442. The number of aliphatic hydroxyl groups excluding tert-OH is 2. The van der Waals surface area contributed by atoms with Crippen LogP contribution >= 0.6 is 0 Å². The first-order valence-electron chi connectivity index (χ1n) is 9.07. The van der Waals surface area contributed by atoms with Gasteiger partial charge in [-0.1, -0.05) is 43.7 Å². The molecule has 0 spiro atoms. The summed E-state index contributed by atoms with van der Waals surface area (Å²) in [7, 11) is 0. The molecule has 0 aliphatic carbocycles. The van der Waals surface area contributed by atoms with Crippen molar-refractivity contribution in [1.29, 1.82) is 0 Å². The predicted octanol–water partition coefficient (Wildman–Crippen LogP) is 2.51. The molecule has 24 heavy (non-hydrogen) atoms. The number of aliphatic hydroxyl groups is 2. The Hall–Kier alpha value is -0.980. The Labute approximate surface area is 145 Å². The van der Waals surface area contributed by atoms with Crippen molar-refractivity contribution >= 4 is 0 Å². The van der Waals surface area contributed by atoms with Crippen molar-refractivity contribution in [3.05, 3.63) is 35.9 Å². The second-order valence-corrected chi connectivity index (χ2v) is 6.45. The van der Waals surface area contributed by atoms with Crippen LogP contribution in [0.3, 0.4) is 0 Å². The summed E-state index contributed by atoms with van der Waals surface area (Å²) in [6, 6.07) is 10.3. The molecule has 3 unspecified atom stereocenters. The summed E-state index contributed by atoms with van der Waals surface area (Å²) in [5.74, 6) is 0. The van der Waals surface area contributed by atoms with Gasteiger partial charge in [0.15, 0.2) is 12.6 Å². The van der Waals surface area contributed by atoms with Crippen molar-refractivity contribution in [3.63, 3.8) is 0 Å². The molecular weight excluding hydrogens is 306 g/mol. The average Bonchev–Trinajstić information content (AvgIpc) is 2.62. The van der Waals surface area contributed by atoms with Gasteiger partial charge in [0.2, 0.25) is 0 Å². The molecule has 1 aliphatic rings. The first kappa shape index (κ1) is 19.3. The van der Waals surface area contributed by atoms with E-state index < -0.39 is 12.6 Å². The van der Waals surface area contributed by atoms with Crippen LogP contribution in [-0.4, -0.2) is 53.5 Å². The van der Waals surface area contributed by atoms with Crippen LogP contribution in [0.25, 0.3) is 0 Å². The van der Waals surface area contributed by atoms with Gasteiger partial charge in [-0.25, -0.2) is 0 Å². The third-order valence-corrected chi connectivity index (χ3v) is 4.38. The zero-order chi connectivity index (χ0) is 17.2. The van der Waals surface area contributed by atoms with Gasteiger partial charge in [-0.3, -0.25) is 4.90 Å². The van der Waals surface area contributed by atoms with Crippen molar-refractivity contribution in [1.82, 2.24) is 4.90 Å². The van der Waals surface area contributed by atoms with Crippen molar-refractivity contribution in [2.45, 2.75) is 64.3 Å². The van der Waals surface area contributed by atoms with Gasteiger partial charge in [0.05, 0.1) is 12.7 Å². The van der Waals surface area contributed by atoms with Gasteiger partial charge in [0, 0.05) is 13.1 Å². The highest BCUT2D eigenvalue weighted by atomic mass is 16.6. The average molecular weight is 337 g/mol. The first-order valence-corrected chi connectivity index (χ1v) is 9.07. The van der Waals surface area contributed by atoms with E-state index in [1.807, 2.05) is 18.2 Å². The van der Waals surface area contributed by atoms with Crippen molar-refractivity contribution in [3.8, 4) is 0 Å². The summed E-state index contributed by atoms with van der Waals surface area (Å²) in [6.07, 6.45) is 2.31. The van der Waals surface area contributed by atoms with Gasteiger partial charge in [-0.2, -0.15) is 0 Å². The maximum atomic E-state index is 10.1. The molecule has 0 radical (unpaired) electrons. The Morgan fingerprint density at radius 3 is 2.46 bits per heavy atom. The van der Waals surface area contributed by atoms with E-state index in [1.165, 1.54) is 5.56 Å². The standard InChI is InChI=1S/C19H31NO4/c1-2-20(13-16-9-5-3-6-10-16)14-17-15-23-18(21)11-7-4-8-12-19(22)24-17/h3,5-6,9-10,17-19,21-22H,2,4,7-8,11-15H2,1H3. The molecular formula is C19H31NO4. The third-order valence-electron chi connectivity index (χ3n) is 4.38. The normalized spacial score (nSPS) is 26.9. The molecule has 3 atom stereocenters. The fourth-order valence-corrected chi connectivity index (χ4v) is 2.98. The number of rotatable bonds is 5. The number of hydrogen-bond acceptors (Lipinski definition) is 5. The molecule has 5 heteroatoms. The third kappa shape index (κ3) is 7.28. The molecule has 2 N–H and O–H groups in total. The molecule has 5 nitrogen and oxygen atoms in total. The molecule has 0 saturated carbocycles. The van der Waals surface area contributed by atoms with E-state index in [0.29, 0.717) is 26.0 Å². The summed E-state index contributed by atoms with van der Waals surface area (Å²) in [5.41, 5.74) is 1.25. The molecule has 1 heterocycles. The van der Waals surface area contributed by atoms with E-state index in [-0.39, 0.29) is 6.10 Å². The topological polar surface area (TPSA) is 62.2 Å². The molecule has 1 aromatic rings. The largest absolute Gasteiger partial charge is 0.368 e. The van der Waals surface area contributed by atoms with Gasteiger partial charge in [0.1, 0.15) is 0 Å². The summed E-state index contributed by atoms with van der Waals surface area (Å²) in [5, 5.41) is 20.0. The van der Waals surface area contributed by atoms with Crippen molar-refractivity contribution in [2.24, 2.45) is 0 Å². The molecule has 1 aromatic carbocycles. The highest BCUT2D eigenvalue weighted by Gasteiger charge is 2.20. The number of likely N-dealkylation sites (N-methyl/N-ethyl adjacent to an activating group) is 1. The molecule has 0 amide bonds. The van der Waals surface area contributed by atoms with Gasteiger partial charge < -0.3 is 19.7 Å². The number of benzene rings is 1. The lowest BCUT2D eigenvalue weighted by atomic mass is 10.1. The van der Waals surface area contributed by atoms with Crippen molar-refractivity contribution < 1.29 is 19.7 Å². The van der Waals surface area contributed by atoms with E-state index in [2.05, 4.69) is 24.0 Å². The predicted molar refractivity (Wildman–Crippen MR) is 93.3 cm³/mol. The molecule has 1 saturated heterocycles. The van der Waals surface area contributed by atoms with Crippen LogP contribution in [0.15, 0.2) is 30.3 Å². The summed E-state index contributed by atoms with van der Waals surface area (Å²) in [4.78, 5) is 2.27. The Balaban J connectivity index is 1.93. The second kappa shape index (κ2) is 10.8. The van der Waals surface area contributed by atoms with Crippen LogP contribution in [-0.2, 0) is 16.0 Å². The lowest BCUT2D eigenvalue weighted by Crippen LogP contribution is -2.39. The second-order valence-electron chi connectivity index (χ2n) is 6.45. The molecule has 1 aliphatic heterocycles. The van der Waals surface area contributed by atoms with Crippen LogP contribution in [0.1, 0.15) is 44.6 Å². The van der Waals surface area contributed by atoms with E-state index in [1.54, 1.807) is 0 Å². The zero-order valence-electron chi connectivity index (χ0n) is 14.6. The van der Waals surface area contributed by atoms with Crippen LogP contribution in [0.4, 0.5) is 0 Å². The molecule has 2 rings (SSSR count). The molecule has 1 fully saturated rings. The highest BCUT2D eigenvalue weighted by molar-refractivity contribution is 5.14. The summed E-state index contributed by atoms with van der Waals surface area (Å²) >= 11 is 0. The maximum absolute atomic E-state index is 10.1. The minimum atomic E-state index is -0.760. The monoisotopic (exact) mass is 337 g/mol. The van der Waals surface area contributed by atoms with E-state index in [0.717, 1.165) is 32.4 Å². The summed E-state index contributed by atoms with van der Waals surface area (Å²) < 4.78 is 11.3. The SMILES string of the molecule is CCN(Cc1ccccc1)CC1COC(O)CCCCCC(O)O1. The van der Waals surface area contributed by atoms with Gasteiger partial charge in [-0.05, 0) is 37.8 Å². The van der Waals surface area contributed by atoms with Gasteiger partial charge in [0.25, 0.3) is 0 Å².